The second kappa shape index (κ2) is 12.3. The van der Waals surface area contributed by atoms with E-state index in [0.29, 0.717) is 43.4 Å². The molecule has 4 aromatic rings. The fourth-order valence-electron chi connectivity index (χ4n) is 3.81. The maximum atomic E-state index is 11.4. The predicted molar refractivity (Wildman–Crippen MR) is 140 cm³/mol. The number of benzene rings is 3. The van der Waals surface area contributed by atoms with Crippen LogP contribution in [0.25, 0.3) is 11.0 Å². The maximum absolute atomic E-state index is 11.4. The van der Waals surface area contributed by atoms with Crippen LogP contribution in [-0.4, -0.2) is 32.4 Å². The van der Waals surface area contributed by atoms with Gasteiger partial charge in [-0.3, -0.25) is 0 Å². The molecule has 0 spiro atoms. The smallest absolute Gasteiger partial charge is 0.336 e. The molecule has 0 amide bonds. The molecule has 1 aliphatic heterocycles. The van der Waals surface area contributed by atoms with Gasteiger partial charge in [0.2, 0.25) is 0 Å². The first-order chi connectivity index (χ1) is 17.2. The Kier molecular flexibility index (Phi) is 8.71. The summed E-state index contributed by atoms with van der Waals surface area (Å²) in [6.07, 6.45) is 0.756. The zero-order chi connectivity index (χ0) is 23.9. The third-order valence-corrected chi connectivity index (χ3v) is 5.62. The van der Waals surface area contributed by atoms with E-state index in [9.17, 15) is 4.79 Å². The van der Waals surface area contributed by atoms with Crippen molar-refractivity contribution in [3.8, 4) is 23.0 Å². The molecule has 0 bridgehead atoms. The molecule has 1 unspecified atom stereocenters. The second-order valence-corrected chi connectivity index (χ2v) is 8.29. The minimum atomic E-state index is -0.368. The van der Waals surface area contributed by atoms with E-state index in [1.807, 2.05) is 60.7 Å². The van der Waals surface area contributed by atoms with Crippen LogP contribution in [0.2, 0.25) is 0 Å². The zero-order valence-corrected chi connectivity index (χ0v) is 20.5. The first-order valence-corrected chi connectivity index (χ1v) is 11.7. The highest BCUT2D eigenvalue weighted by Gasteiger charge is 2.21. The number of rotatable bonds is 10. The topological polar surface area (TPSA) is 79.2 Å². The fourth-order valence-corrected chi connectivity index (χ4v) is 3.81. The van der Waals surface area contributed by atoms with Crippen molar-refractivity contribution in [2.24, 2.45) is 0 Å². The molecule has 7 nitrogen and oxygen atoms in total. The standard InChI is InChI=1S/C28H27NO6.ClH/c30-28-12-8-21-7-9-22(15-26(21)35-28)31-14-4-13-29-17-24-19-33-27-16-23(10-11-25(27)34-24)32-18-20-5-2-1-3-6-20;/h1-3,5-12,15-16,24,29H,4,13-14,17-19H2;1H. The molecule has 0 saturated heterocycles. The van der Waals surface area contributed by atoms with E-state index in [-0.39, 0.29) is 24.1 Å². The summed E-state index contributed by atoms with van der Waals surface area (Å²) in [7, 11) is 0. The highest BCUT2D eigenvalue weighted by molar-refractivity contribution is 5.85. The van der Waals surface area contributed by atoms with Gasteiger partial charge in [0.1, 0.15) is 36.4 Å². The van der Waals surface area contributed by atoms with Gasteiger partial charge in [-0.05, 0) is 48.9 Å². The number of nitrogens with one attached hydrogen (secondary N) is 1. The summed E-state index contributed by atoms with van der Waals surface area (Å²) in [4.78, 5) is 11.4. The zero-order valence-electron chi connectivity index (χ0n) is 19.7. The lowest BCUT2D eigenvalue weighted by atomic mass is 10.2. The highest BCUT2D eigenvalue weighted by Crippen LogP contribution is 2.35. The maximum Gasteiger partial charge on any atom is 0.336 e. The molecule has 5 rings (SSSR count). The number of halogens is 1. The van der Waals surface area contributed by atoms with Crippen LogP contribution in [0, 0.1) is 0 Å². The van der Waals surface area contributed by atoms with E-state index in [0.717, 1.165) is 35.4 Å². The molecule has 0 fully saturated rings. The van der Waals surface area contributed by atoms with Crippen molar-refractivity contribution in [3.05, 3.63) is 94.8 Å². The van der Waals surface area contributed by atoms with E-state index in [1.54, 1.807) is 12.1 Å². The van der Waals surface area contributed by atoms with Crippen molar-refractivity contribution >= 4 is 23.4 Å². The summed E-state index contributed by atoms with van der Waals surface area (Å²) in [6, 6.07) is 24.4. The van der Waals surface area contributed by atoms with E-state index in [1.165, 1.54) is 6.07 Å². The van der Waals surface area contributed by atoms with Gasteiger partial charge in [0.15, 0.2) is 11.5 Å². The Morgan fingerprint density at radius 2 is 1.69 bits per heavy atom. The molecule has 1 atom stereocenters. The number of hydrogen-bond acceptors (Lipinski definition) is 7. The van der Waals surface area contributed by atoms with Crippen LogP contribution >= 0.6 is 12.4 Å². The molecule has 1 aliphatic rings. The van der Waals surface area contributed by atoms with E-state index >= 15 is 0 Å². The summed E-state index contributed by atoms with van der Waals surface area (Å²) in [5, 5.41) is 4.26. The normalized spacial score (nSPS) is 14.2. The molecular weight excluding hydrogens is 482 g/mol. The molecule has 188 valence electrons. The van der Waals surface area contributed by atoms with Crippen molar-refractivity contribution < 1.29 is 23.4 Å². The average Bonchev–Trinajstić information content (AvgIpc) is 2.89. The van der Waals surface area contributed by atoms with Crippen LogP contribution < -0.4 is 29.9 Å². The Labute approximate surface area is 215 Å². The predicted octanol–water partition coefficient (Wildman–Crippen LogP) is 4.99. The lowest BCUT2D eigenvalue weighted by Gasteiger charge is -2.27. The van der Waals surface area contributed by atoms with Gasteiger partial charge in [-0.1, -0.05) is 30.3 Å². The molecule has 0 aliphatic carbocycles. The summed E-state index contributed by atoms with van der Waals surface area (Å²) in [5.74, 6) is 2.86. The van der Waals surface area contributed by atoms with Gasteiger partial charge in [0.25, 0.3) is 0 Å². The Morgan fingerprint density at radius 3 is 2.58 bits per heavy atom. The monoisotopic (exact) mass is 509 g/mol. The Balaban J connectivity index is 0.00000304. The Hall–Kier alpha value is -3.68. The third-order valence-electron chi connectivity index (χ3n) is 5.62. The fraction of sp³-hybridized carbons (Fsp3) is 0.250. The first kappa shape index (κ1) is 25.4. The van der Waals surface area contributed by atoms with E-state index in [4.69, 9.17) is 23.4 Å². The quantitative estimate of drug-likeness (QED) is 0.238. The van der Waals surface area contributed by atoms with Crippen molar-refractivity contribution in [2.45, 2.75) is 19.1 Å². The average molecular weight is 510 g/mol. The van der Waals surface area contributed by atoms with Crippen molar-refractivity contribution in [2.75, 3.05) is 26.3 Å². The van der Waals surface area contributed by atoms with Gasteiger partial charge in [-0.25, -0.2) is 4.79 Å². The van der Waals surface area contributed by atoms with Crippen LogP contribution in [0.5, 0.6) is 23.0 Å². The molecule has 0 saturated carbocycles. The van der Waals surface area contributed by atoms with Gasteiger partial charge in [-0.15, -0.1) is 12.4 Å². The van der Waals surface area contributed by atoms with Crippen LogP contribution in [-0.2, 0) is 6.61 Å². The third kappa shape index (κ3) is 6.71. The van der Waals surface area contributed by atoms with Crippen LogP contribution in [0.3, 0.4) is 0 Å². The summed E-state index contributed by atoms with van der Waals surface area (Å²) in [5.41, 5.74) is 1.27. The minimum absolute atomic E-state index is 0. The molecule has 1 aromatic heterocycles. The highest BCUT2D eigenvalue weighted by atomic mass is 35.5. The summed E-state index contributed by atoms with van der Waals surface area (Å²) in [6.45, 7) is 2.98. The second-order valence-electron chi connectivity index (χ2n) is 8.29. The molecule has 8 heteroatoms. The van der Waals surface area contributed by atoms with Gasteiger partial charge in [0.05, 0.1) is 6.61 Å². The number of fused-ring (bicyclic) bond motifs is 2. The molecule has 0 radical (unpaired) electrons. The van der Waals surface area contributed by atoms with E-state index in [2.05, 4.69) is 5.32 Å². The Bertz CT molecular complexity index is 1330. The van der Waals surface area contributed by atoms with Crippen molar-refractivity contribution in [1.82, 2.24) is 5.32 Å². The largest absolute Gasteiger partial charge is 0.493 e. The lowest BCUT2D eigenvalue weighted by molar-refractivity contribution is 0.0897. The van der Waals surface area contributed by atoms with E-state index < -0.39 is 0 Å². The first-order valence-electron chi connectivity index (χ1n) is 11.7. The van der Waals surface area contributed by atoms with Gasteiger partial charge in [0, 0.05) is 30.1 Å². The molecule has 36 heavy (non-hydrogen) atoms. The van der Waals surface area contributed by atoms with Gasteiger partial charge >= 0.3 is 5.63 Å². The molecule has 3 aromatic carbocycles. The van der Waals surface area contributed by atoms with Gasteiger partial charge < -0.3 is 28.7 Å². The SMILES string of the molecule is Cl.O=c1ccc2ccc(OCCCNCC3COc4cc(OCc5ccccc5)ccc4O3)cc2o1. The van der Waals surface area contributed by atoms with Crippen LogP contribution in [0.4, 0.5) is 0 Å². The summed E-state index contributed by atoms with van der Waals surface area (Å²) < 4.78 is 28.8. The molecule has 1 N–H and O–H groups in total. The summed E-state index contributed by atoms with van der Waals surface area (Å²) >= 11 is 0. The van der Waals surface area contributed by atoms with Crippen molar-refractivity contribution in [3.63, 3.8) is 0 Å². The van der Waals surface area contributed by atoms with Crippen LogP contribution in [0.1, 0.15) is 12.0 Å². The number of ether oxygens (including phenoxy) is 4. The number of hydrogen-bond donors (Lipinski definition) is 1. The van der Waals surface area contributed by atoms with Gasteiger partial charge in [-0.2, -0.15) is 0 Å². The minimum Gasteiger partial charge on any atom is -0.493 e. The lowest BCUT2D eigenvalue weighted by Crippen LogP contribution is -2.39. The van der Waals surface area contributed by atoms with Crippen molar-refractivity contribution in [1.29, 1.82) is 0 Å². The van der Waals surface area contributed by atoms with Crippen LogP contribution in [0.15, 0.2) is 88.1 Å². The molecule has 2 heterocycles. The molecular formula is C28H28ClNO6. The Morgan fingerprint density at radius 1 is 0.889 bits per heavy atom.